The Hall–Kier alpha value is -0.760. The average Bonchev–Trinajstić information content (AvgIpc) is 2.47. The summed E-state index contributed by atoms with van der Waals surface area (Å²) in [5, 5.41) is 38.2. The molecule has 0 aromatic carbocycles. The average molecular weight is 316 g/mol. The van der Waals surface area contributed by atoms with Crippen molar-refractivity contribution in [1.29, 1.82) is 0 Å². The summed E-state index contributed by atoms with van der Waals surface area (Å²) in [4.78, 5) is 0. The zero-order chi connectivity index (χ0) is 16.7. The summed E-state index contributed by atoms with van der Waals surface area (Å²) in [6, 6.07) is 0. The number of aliphatic hydroxyl groups excluding tert-OH is 4. The van der Waals surface area contributed by atoms with Crippen LogP contribution in [0.15, 0.2) is 23.3 Å². The van der Waals surface area contributed by atoms with E-state index in [2.05, 4.69) is 19.9 Å². The van der Waals surface area contributed by atoms with Gasteiger partial charge < -0.3 is 29.9 Å². The third-order valence-corrected chi connectivity index (χ3v) is 3.63. The van der Waals surface area contributed by atoms with E-state index in [1.807, 2.05) is 13.0 Å². The summed E-state index contributed by atoms with van der Waals surface area (Å²) >= 11 is 0. The predicted molar refractivity (Wildman–Crippen MR) is 82.1 cm³/mol. The van der Waals surface area contributed by atoms with E-state index in [-0.39, 0.29) is 6.61 Å². The molecule has 0 aliphatic carbocycles. The molecule has 4 N–H and O–H groups in total. The lowest BCUT2D eigenvalue weighted by Gasteiger charge is -2.39. The zero-order valence-corrected chi connectivity index (χ0v) is 13.5. The van der Waals surface area contributed by atoms with E-state index >= 15 is 0 Å². The molecule has 0 saturated carbocycles. The minimum absolute atomic E-state index is 0.226. The molecule has 0 radical (unpaired) electrons. The van der Waals surface area contributed by atoms with Gasteiger partial charge in [0, 0.05) is 0 Å². The molecule has 0 aromatic rings. The number of allylic oxidation sites excluding steroid dienone is 3. The highest BCUT2D eigenvalue weighted by Gasteiger charge is 2.43. The third-order valence-electron chi connectivity index (χ3n) is 3.63. The van der Waals surface area contributed by atoms with Crippen molar-refractivity contribution >= 4 is 0 Å². The normalized spacial score (nSPS) is 32.9. The SMILES string of the molecule is CC(C)=CCC/C(C)=C/CO[C@H]1O[C@H](CO)[C@@H](O)[C@H](O)[C@@H]1O. The summed E-state index contributed by atoms with van der Waals surface area (Å²) in [7, 11) is 0. The van der Waals surface area contributed by atoms with Gasteiger partial charge in [-0.2, -0.15) is 0 Å². The number of aliphatic hydroxyl groups is 4. The first-order valence-electron chi connectivity index (χ1n) is 7.58. The molecular weight excluding hydrogens is 288 g/mol. The molecule has 6 nitrogen and oxygen atoms in total. The molecule has 22 heavy (non-hydrogen) atoms. The highest BCUT2D eigenvalue weighted by Crippen LogP contribution is 2.22. The van der Waals surface area contributed by atoms with E-state index in [4.69, 9.17) is 14.6 Å². The number of ether oxygens (including phenoxy) is 2. The molecule has 5 atom stereocenters. The van der Waals surface area contributed by atoms with Gasteiger partial charge in [0.1, 0.15) is 24.4 Å². The second-order valence-electron chi connectivity index (χ2n) is 5.90. The van der Waals surface area contributed by atoms with Crippen LogP contribution in [0, 0.1) is 0 Å². The van der Waals surface area contributed by atoms with Crippen LogP contribution in [0.3, 0.4) is 0 Å². The highest BCUT2D eigenvalue weighted by atomic mass is 16.7. The van der Waals surface area contributed by atoms with Crippen molar-refractivity contribution in [2.45, 2.75) is 64.3 Å². The molecule has 1 saturated heterocycles. The summed E-state index contributed by atoms with van der Waals surface area (Å²) in [6.07, 6.45) is -0.190. The molecule has 0 bridgehead atoms. The molecule has 1 aliphatic heterocycles. The van der Waals surface area contributed by atoms with Gasteiger partial charge in [-0.15, -0.1) is 0 Å². The zero-order valence-electron chi connectivity index (χ0n) is 13.5. The molecule has 0 unspecified atom stereocenters. The Balaban J connectivity index is 2.44. The molecule has 1 fully saturated rings. The topological polar surface area (TPSA) is 99.4 Å². The number of hydrogen-bond donors (Lipinski definition) is 4. The van der Waals surface area contributed by atoms with E-state index in [1.165, 1.54) is 5.57 Å². The molecular formula is C16H28O6. The van der Waals surface area contributed by atoms with E-state index in [1.54, 1.807) is 0 Å². The fourth-order valence-electron chi connectivity index (χ4n) is 2.18. The Morgan fingerprint density at radius 1 is 1.05 bits per heavy atom. The Morgan fingerprint density at radius 3 is 2.32 bits per heavy atom. The van der Waals surface area contributed by atoms with Gasteiger partial charge in [-0.05, 0) is 33.6 Å². The fraction of sp³-hybridized carbons (Fsp3) is 0.750. The summed E-state index contributed by atoms with van der Waals surface area (Å²) in [5.41, 5.74) is 2.44. The summed E-state index contributed by atoms with van der Waals surface area (Å²) < 4.78 is 10.7. The first-order valence-corrected chi connectivity index (χ1v) is 7.58. The quantitative estimate of drug-likeness (QED) is 0.510. The Labute approximate surface area is 131 Å². The van der Waals surface area contributed by atoms with Crippen LogP contribution in [0.1, 0.15) is 33.6 Å². The smallest absolute Gasteiger partial charge is 0.187 e. The lowest BCUT2D eigenvalue weighted by molar-refractivity contribution is -0.298. The predicted octanol–water partition coefficient (Wildman–Crippen LogP) is 0.496. The van der Waals surface area contributed by atoms with Crippen LogP contribution in [0.5, 0.6) is 0 Å². The lowest BCUT2D eigenvalue weighted by atomic mass is 9.99. The maximum atomic E-state index is 9.82. The minimum atomic E-state index is -1.40. The third kappa shape index (κ3) is 5.79. The van der Waals surface area contributed by atoms with E-state index in [0.717, 1.165) is 18.4 Å². The van der Waals surface area contributed by atoms with Gasteiger partial charge >= 0.3 is 0 Å². The fourth-order valence-corrected chi connectivity index (χ4v) is 2.18. The lowest BCUT2D eigenvalue weighted by Crippen LogP contribution is -2.59. The van der Waals surface area contributed by atoms with Gasteiger partial charge in [0.15, 0.2) is 6.29 Å². The van der Waals surface area contributed by atoms with Crippen LogP contribution >= 0.6 is 0 Å². The second-order valence-corrected chi connectivity index (χ2v) is 5.90. The van der Waals surface area contributed by atoms with Crippen molar-refractivity contribution in [3.05, 3.63) is 23.3 Å². The standard InChI is InChI=1S/C16H28O6/c1-10(2)5-4-6-11(3)7-8-21-16-15(20)14(19)13(18)12(9-17)22-16/h5,7,12-20H,4,6,8-9H2,1-3H3/b11-7+/t12-,13-,14+,15+,16+/m1/s1. The van der Waals surface area contributed by atoms with Crippen molar-refractivity contribution in [2.75, 3.05) is 13.2 Å². The van der Waals surface area contributed by atoms with E-state index in [9.17, 15) is 15.3 Å². The molecule has 1 heterocycles. The molecule has 1 rings (SSSR count). The van der Waals surface area contributed by atoms with Crippen molar-refractivity contribution in [2.24, 2.45) is 0 Å². The monoisotopic (exact) mass is 316 g/mol. The van der Waals surface area contributed by atoms with E-state index in [0.29, 0.717) is 0 Å². The Morgan fingerprint density at radius 2 is 1.73 bits per heavy atom. The van der Waals surface area contributed by atoms with Crippen molar-refractivity contribution in [1.82, 2.24) is 0 Å². The van der Waals surface area contributed by atoms with Crippen LogP contribution in [0.25, 0.3) is 0 Å². The van der Waals surface area contributed by atoms with Gasteiger partial charge in [0.05, 0.1) is 13.2 Å². The maximum Gasteiger partial charge on any atom is 0.187 e. The van der Waals surface area contributed by atoms with Gasteiger partial charge in [-0.3, -0.25) is 0 Å². The minimum Gasteiger partial charge on any atom is -0.394 e. The molecule has 6 heteroatoms. The van der Waals surface area contributed by atoms with Gasteiger partial charge in [-0.25, -0.2) is 0 Å². The summed E-state index contributed by atoms with van der Waals surface area (Å²) in [5.74, 6) is 0. The molecule has 0 amide bonds. The molecule has 1 aliphatic rings. The van der Waals surface area contributed by atoms with Crippen LogP contribution < -0.4 is 0 Å². The first kappa shape index (κ1) is 19.3. The highest BCUT2D eigenvalue weighted by molar-refractivity contribution is 5.02. The molecule has 0 aromatic heterocycles. The molecule has 0 spiro atoms. The van der Waals surface area contributed by atoms with Crippen molar-refractivity contribution in [3.63, 3.8) is 0 Å². The number of hydrogen-bond acceptors (Lipinski definition) is 6. The van der Waals surface area contributed by atoms with Gasteiger partial charge in [0.25, 0.3) is 0 Å². The van der Waals surface area contributed by atoms with Crippen molar-refractivity contribution in [3.8, 4) is 0 Å². The van der Waals surface area contributed by atoms with E-state index < -0.39 is 37.3 Å². The van der Waals surface area contributed by atoms with Gasteiger partial charge in [-0.1, -0.05) is 23.3 Å². The first-order chi connectivity index (χ1) is 10.4. The summed E-state index contributed by atoms with van der Waals surface area (Å²) in [6.45, 7) is 5.88. The van der Waals surface area contributed by atoms with Crippen LogP contribution in [0.2, 0.25) is 0 Å². The Bertz CT molecular complexity index is 386. The number of rotatable bonds is 7. The van der Waals surface area contributed by atoms with Gasteiger partial charge in [0.2, 0.25) is 0 Å². The van der Waals surface area contributed by atoms with Crippen LogP contribution in [-0.4, -0.2) is 64.3 Å². The molecule has 128 valence electrons. The largest absolute Gasteiger partial charge is 0.394 e. The van der Waals surface area contributed by atoms with Crippen LogP contribution in [-0.2, 0) is 9.47 Å². The van der Waals surface area contributed by atoms with Crippen LogP contribution in [0.4, 0.5) is 0 Å². The second kappa shape index (κ2) is 9.39. The maximum absolute atomic E-state index is 9.82. The Kier molecular flexibility index (Phi) is 8.24. The van der Waals surface area contributed by atoms with Crippen molar-refractivity contribution < 1.29 is 29.9 Å².